The molecule has 0 bridgehead atoms. The third kappa shape index (κ3) is 4.17. The number of pyridine rings is 2. The van der Waals surface area contributed by atoms with E-state index in [0.717, 1.165) is 5.69 Å². The highest BCUT2D eigenvalue weighted by atomic mass is 16.5. The van der Waals surface area contributed by atoms with E-state index < -0.39 is 0 Å². The van der Waals surface area contributed by atoms with E-state index in [0.29, 0.717) is 30.5 Å². The molecule has 2 aromatic heterocycles. The quantitative estimate of drug-likeness (QED) is 0.824. The van der Waals surface area contributed by atoms with Crippen molar-refractivity contribution in [1.82, 2.24) is 9.97 Å². The number of carbonyl (C=O) groups is 1. The Balaban J connectivity index is 2.01. The first-order valence-electron chi connectivity index (χ1n) is 6.72. The molecule has 0 atom stereocenters. The van der Waals surface area contributed by atoms with Crippen LogP contribution >= 0.6 is 0 Å². The van der Waals surface area contributed by atoms with Crippen LogP contribution in [0.25, 0.3) is 0 Å². The molecule has 0 unspecified atom stereocenters. The maximum absolute atomic E-state index is 11.5. The van der Waals surface area contributed by atoms with Gasteiger partial charge in [-0.3, -0.25) is 0 Å². The van der Waals surface area contributed by atoms with Crippen LogP contribution in [0, 0.1) is 0 Å². The van der Waals surface area contributed by atoms with Crippen LogP contribution < -0.4 is 10.1 Å². The van der Waals surface area contributed by atoms with Gasteiger partial charge in [0.2, 0.25) is 5.88 Å². The molecule has 0 aromatic carbocycles. The minimum Gasteiger partial charge on any atom is -0.478 e. The van der Waals surface area contributed by atoms with Crippen LogP contribution in [-0.4, -0.2) is 29.2 Å². The van der Waals surface area contributed by atoms with Crippen LogP contribution in [0.2, 0.25) is 0 Å². The lowest BCUT2D eigenvalue weighted by Gasteiger charge is -2.07. The molecular formula is C15H17N3O3. The predicted molar refractivity (Wildman–Crippen MR) is 78.9 cm³/mol. The van der Waals surface area contributed by atoms with Crippen LogP contribution in [0.4, 0.5) is 11.5 Å². The average molecular weight is 287 g/mol. The minimum atomic E-state index is -0.376. The molecule has 21 heavy (non-hydrogen) atoms. The summed E-state index contributed by atoms with van der Waals surface area (Å²) in [5, 5.41) is 3.09. The van der Waals surface area contributed by atoms with Gasteiger partial charge in [-0.1, -0.05) is 0 Å². The van der Waals surface area contributed by atoms with Crippen LogP contribution in [-0.2, 0) is 4.74 Å². The lowest BCUT2D eigenvalue weighted by atomic mass is 10.3. The van der Waals surface area contributed by atoms with Gasteiger partial charge in [0, 0.05) is 12.3 Å². The molecule has 0 aliphatic carbocycles. The summed E-state index contributed by atoms with van der Waals surface area (Å²) in [5.41, 5.74) is 1.21. The Kier molecular flexibility index (Phi) is 5.09. The minimum absolute atomic E-state index is 0.344. The van der Waals surface area contributed by atoms with Crippen LogP contribution in [0.5, 0.6) is 5.88 Å². The molecule has 0 aliphatic heterocycles. The van der Waals surface area contributed by atoms with E-state index in [2.05, 4.69) is 15.3 Å². The molecule has 0 amide bonds. The van der Waals surface area contributed by atoms with Gasteiger partial charge in [-0.15, -0.1) is 0 Å². The number of nitrogens with zero attached hydrogens (tertiary/aromatic N) is 2. The summed E-state index contributed by atoms with van der Waals surface area (Å²) in [6.07, 6.45) is 3.13. The summed E-state index contributed by atoms with van der Waals surface area (Å²) < 4.78 is 10.2. The molecular weight excluding hydrogens is 270 g/mol. The number of nitrogens with one attached hydrogen (secondary N) is 1. The zero-order valence-corrected chi connectivity index (χ0v) is 12.0. The van der Waals surface area contributed by atoms with Gasteiger partial charge in [-0.2, -0.15) is 0 Å². The molecule has 0 saturated carbocycles. The second-order valence-electron chi connectivity index (χ2n) is 4.10. The van der Waals surface area contributed by atoms with Gasteiger partial charge in [-0.05, 0) is 32.0 Å². The number of ether oxygens (including phenoxy) is 2. The Morgan fingerprint density at radius 1 is 1.10 bits per heavy atom. The fourth-order valence-electron chi connectivity index (χ4n) is 1.64. The Labute approximate surface area is 123 Å². The highest BCUT2D eigenvalue weighted by molar-refractivity contribution is 5.89. The van der Waals surface area contributed by atoms with E-state index in [-0.39, 0.29) is 5.97 Å². The van der Waals surface area contributed by atoms with E-state index in [1.54, 1.807) is 31.3 Å². The highest BCUT2D eigenvalue weighted by Crippen LogP contribution is 2.16. The number of rotatable bonds is 6. The van der Waals surface area contributed by atoms with Crippen molar-refractivity contribution >= 4 is 17.5 Å². The zero-order chi connectivity index (χ0) is 15.1. The van der Waals surface area contributed by atoms with Crippen molar-refractivity contribution in [3.05, 3.63) is 42.2 Å². The molecule has 2 heterocycles. The fourth-order valence-corrected chi connectivity index (χ4v) is 1.64. The van der Waals surface area contributed by atoms with Crippen molar-refractivity contribution in [2.45, 2.75) is 13.8 Å². The van der Waals surface area contributed by atoms with Crippen molar-refractivity contribution < 1.29 is 14.3 Å². The van der Waals surface area contributed by atoms with Crippen molar-refractivity contribution in [2.75, 3.05) is 18.5 Å². The molecule has 0 saturated heterocycles. The van der Waals surface area contributed by atoms with Gasteiger partial charge < -0.3 is 14.8 Å². The fraction of sp³-hybridized carbons (Fsp3) is 0.267. The monoisotopic (exact) mass is 287 g/mol. The van der Waals surface area contributed by atoms with Crippen molar-refractivity contribution in [2.24, 2.45) is 0 Å². The summed E-state index contributed by atoms with van der Waals surface area (Å²) in [4.78, 5) is 19.8. The molecule has 0 spiro atoms. The number of aromatic nitrogens is 2. The summed E-state index contributed by atoms with van der Waals surface area (Å²) in [5.74, 6) is 0.821. The maximum atomic E-state index is 11.5. The molecule has 2 rings (SSSR count). The SMILES string of the molecule is CCOC(=O)c1ccc(Nc2ccc(OCC)nc2)nc1. The number of carbonyl (C=O) groups excluding carboxylic acids is 1. The second-order valence-corrected chi connectivity index (χ2v) is 4.10. The summed E-state index contributed by atoms with van der Waals surface area (Å²) in [7, 11) is 0. The summed E-state index contributed by atoms with van der Waals surface area (Å²) in [6.45, 7) is 4.59. The first-order chi connectivity index (χ1) is 10.2. The lowest BCUT2D eigenvalue weighted by molar-refractivity contribution is 0.0526. The normalized spacial score (nSPS) is 10.0. The van der Waals surface area contributed by atoms with E-state index in [4.69, 9.17) is 9.47 Å². The van der Waals surface area contributed by atoms with Crippen LogP contribution in [0.15, 0.2) is 36.7 Å². The van der Waals surface area contributed by atoms with E-state index >= 15 is 0 Å². The topological polar surface area (TPSA) is 73.3 Å². The van der Waals surface area contributed by atoms with Gasteiger partial charge in [0.25, 0.3) is 0 Å². The van der Waals surface area contributed by atoms with E-state index in [1.165, 1.54) is 6.20 Å². The Morgan fingerprint density at radius 3 is 2.52 bits per heavy atom. The second kappa shape index (κ2) is 7.23. The molecule has 0 fully saturated rings. The Bertz CT molecular complexity index is 582. The third-order valence-corrected chi connectivity index (χ3v) is 2.58. The molecule has 6 heteroatoms. The maximum Gasteiger partial charge on any atom is 0.339 e. The van der Waals surface area contributed by atoms with Gasteiger partial charge in [-0.25, -0.2) is 14.8 Å². The molecule has 0 aliphatic rings. The van der Waals surface area contributed by atoms with E-state index in [9.17, 15) is 4.79 Å². The Morgan fingerprint density at radius 2 is 1.95 bits per heavy atom. The third-order valence-electron chi connectivity index (χ3n) is 2.58. The van der Waals surface area contributed by atoms with Crippen molar-refractivity contribution in [1.29, 1.82) is 0 Å². The van der Waals surface area contributed by atoms with Gasteiger partial charge in [0.05, 0.1) is 30.7 Å². The molecule has 110 valence electrons. The number of hydrogen-bond acceptors (Lipinski definition) is 6. The van der Waals surface area contributed by atoms with Crippen molar-refractivity contribution in [3.63, 3.8) is 0 Å². The van der Waals surface area contributed by atoms with Crippen LogP contribution in [0.3, 0.4) is 0 Å². The van der Waals surface area contributed by atoms with Crippen LogP contribution in [0.1, 0.15) is 24.2 Å². The summed E-state index contributed by atoms with van der Waals surface area (Å²) in [6, 6.07) is 7.00. The first kappa shape index (κ1) is 14.8. The Hall–Kier alpha value is -2.63. The molecule has 6 nitrogen and oxygen atoms in total. The molecule has 2 aromatic rings. The lowest BCUT2D eigenvalue weighted by Crippen LogP contribution is -2.05. The first-order valence-corrected chi connectivity index (χ1v) is 6.72. The number of esters is 1. The van der Waals surface area contributed by atoms with Gasteiger partial charge >= 0.3 is 5.97 Å². The largest absolute Gasteiger partial charge is 0.478 e. The predicted octanol–water partition coefficient (Wildman–Crippen LogP) is 2.80. The van der Waals surface area contributed by atoms with Gasteiger partial charge in [0.1, 0.15) is 5.82 Å². The van der Waals surface area contributed by atoms with E-state index in [1.807, 2.05) is 13.0 Å². The zero-order valence-electron chi connectivity index (χ0n) is 12.0. The highest BCUT2D eigenvalue weighted by Gasteiger charge is 2.06. The standard InChI is InChI=1S/C15H17N3O3/c1-3-20-14-8-6-12(10-17-14)18-13-7-5-11(9-16-13)15(19)21-4-2/h5-10H,3-4H2,1-2H3,(H,16,18). The number of hydrogen-bond donors (Lipinski definition) is 1. The van der Waals surface area contributed by atoms with Crippen molar-refractivity contribution in [3.8, 4) is 5.88 Å². The summed E-state index contributed by atoms with van der Waals surface area (Å²) >= 11 is 0. The number of anilines is 2. The average Bonchev–Trinajstić information content (AvgIpc) is 2.50. The van der Waals surface area contributed by atoms with Gasteiger partial charge in [0.15, 0.2) is 0 Å². The molecule has 0 radical (unpaired) electrons. The molecule has 1 N–H and O–H groups in total. The smallest absolute Gasteiger partial charge is 0.339 e.